The zero-order valence-electron chi connectivity index (χ0n) is 9.36. The number of carbonyl (C=O) groups is 1. The van der Waals surface area contributed by atoms with Crippen LogP contribution in [0.1, 0.15) is 37.8 Å². The number of thiazole rings is 1. The zero-order valence-corrected chi connectivity index (χ0v) is 11.8. The van der Waals surface area contributed by atoms with Crippen molar-refractivity contribution in [1.29, 1.82) is 0 Å². The Morgan fingerprint density at radius 1 is 1.53 bits per heavy atom. The summed E-state index contributed by atoms with van der Waals surface area (Å²) in [5, 5.41) is 10.3. The van der Waals surface area contributed by atoms with E-state index in [4.69, 9.17) is 5.21 Å². The van der Waals surface area contributed by atoms with Crippen LogP contribution in [0.4, 0.5) is 0 Å². The molecule has 6 heteroatoms. The van der Waals surface area contributed by atoms with Crippen LogP contribution in [0.25, 0.3) is 6.08 Å². The van der Waals surface area contributed by atoms with Gasteiger partial charge in [-0.25, -0.2) is 10.5 Å². The van der Waals surface area contributed by atoms with Crippen LogP contribution >= 0.6 is 27.3 Å². The predicted octanol–water partition coefficient (Wildman–Crippen LogP) is 3.37. The van der Waals surface area contributed by atoms with E-state index in [-0.39, 0.29) is 5.91 Å². The van der Waals surface area contributed by atoms with E-state index in [1.54, 1.807) is 16.8 Å². The Bertz CT molecular complexity index is 379. The molecule has 0 radical (unpaired) electrons. The van der Waals surface area contributed by atoms with Crippen LogP contribution < -0.4 is 5.48 Å². The highest BCUT2D eigenvalue weighted by molar-refractivity contribution is 9.11. The van der Waals surface area contributed by atoms with Crippen molar-refractivity contribution < 1.29 is 10.0 Å². The third kappa shape index (κ3) is 6.55. The second kappa shape index (κ2) is 8.38. The number of amides is 1. The molecule has 0 aliphatic heterocycles. The quantitative estimate of drug-likeness (QED) is 0.460. The van der Waals surface area contributed by atoms with Gasteiger partial charge in [0, 0.05) is 11.8 Å². The first-order valence-electron chi connectivity index (χ1n) is 5.43. The summed E-state index contributed by atoms with van der Waals surface area (Å²) in [5.41, 5.74) is 2.60. The zero-order chi connectivity index (χ0) is 12.5. The van der Waals surface area contributed by atoms with Crippen LogP contribution in [0, 0.1) is 0 Å². The third-order valence-corrected chi connectivity index (χ3v) is 3.57. The van der Waals surface area contributed by atoms with Gasteiger partial charge in [-0.1, -0.05) is 12.5 Å². The summed E-state index contributed by atoms with van der Waals surface area (Å²) >= 11 is 4.88. The molecular weight excluding hydrogens is 304 g/mol. The van der Waals surface area contributed by atoms with E-state index in [1.807, 2.05) is 11.5 Å². The Morgan fingerprint density at radius 3 is 3.00 bits per heavy atom. The molecule has 1 aromatic rings. The molecule has 94 valence electrons. The standard InChI is InChI=1S/C11H15BrN2O2S/c12-11-13-9(8-17-11)6-4-2-1-3-5-7-10(15)14-16/h4,6,8,16H,1-3,5,7H2,(H,14,15)/b6-4-. The Kier molecular flexibility index (Phi) is 7.07. The number of nitrogens with one attached hydrogen (secondary N) is 1. The summed E-state index contributed by atoms with van der Waals surface area (Å²) in [5.74, 6) is -0.312. The molecule has 0 bridgehead atoms. The normalized spacial score (nSPS) is 10.9. The predicted molar refractivity (Wildman–Crippen MR) is 71.9 cm³/mol. The highest BCUT2D eigenvalue weighted by Gasteiger charge is 1.97. The maximum atomic E-state index is 10.7. The first-order valence-corrected chi connectivity index (χ1v) is 7.10. The molecule has 0 aromatic carbocycles. The fraction of sp³-hybridized carbons (Fsp3) is 0.455. The average molecular weight is 319 g/mol. The molecule has 0 unspecified atom stereocenters. The largest absolute Gasteiger partial charge is 0.289 e. The molecule has 1 amide bonds. The highest BCUT2D eigenvalue weighted by Crippen LogP contribution is 2.17. The second-order valence-electron chi connectivity index (χ2n) is 3.56. The molecule has 0 saturated carbocycles. The van der Waals surface area contributed by atoms with Crippen molar-refractivity contribution >= 4 is 39.2 Å². The Morgan fingerprint density at radius 2 is 2.35 bits per heavy atom. The van der Waals surface area contributed by atoms with Crippen molar-refractivity contribution in [3.63, 3.8) is 0 Å². The summed E-state index contributed by atoms with van der Waals surface area (Å²) < 4.78 is 0.896. The van der Waals surface area contributed by atoms with Gasteiger partial charge in [0.2, 0.25) is 5.91 Å². The van der Waals surface area contributed by atoms with E-state index < -0.39 is 0 Å². The number of aromatic nitrogens is 1. The van der Waals surface area contributed by atoms with Gasteiger partial charge in [-0.15, -0.1) is 11.3 Å². The molecule has 0 saturated heterocycles. The number of allylic oxidation sites excluding steroid dienone is 1. The minimum absolute atomic E-state index is 0.312. The molecule has 4 nitrogen and oxygen atoms in total. The maximum absolute atomic E-state index is 10.7. The van der Waals surface area contributed by atoms with Crippen molar-refractivity contribution in [2.24, 2.45) is 0 Å². The van der Waals surface area contributed by atoms with E-state index in [0.29, 0.717) is 6.42 Å². The van der Waals surface area contributed by atoms with Gasteiger partial charge in [0.05, 0.1) is 5.69 Å². The second-order valence-corrected chi connectivity index (χ2v) is 5.70. The van der Waals surface area contributed by atoms with Crippen LogP contribution in [0.2, 0.25) is 0 Å². The lowest BCUT2D eigenvalue weighted by molar-refractivity contribution is -0.129. The lowest BCUT2D eigenvalue weighted by atomic mass is 10.1. The van der Waals surface area contributed by atoms with Crippen LogP contribution in [-0.4, -0.2) is 16.1 Å². The molecule has 1 aromatic heterocycles. The van der Waals surface area contributed by atoms with Gasteiger partial charge >= 0.3 is 0 Å². The SMILES string of the molecule is O=C(CCCCC/C=C\c1csc(Br)n1)NO. The van der Waals surface area contributed by atoms with Crippen molar-refractivity contribution in [2.45, 2.75) is 32.1 Å². The molecule has 2 N–H and O–H groups in total. The number of carbonyl (C=O) groups excluding carboxylic acids is 1. The first-order chi connectivity index (χ1) is 8.22. The van der Waals surface area contributed by atoms with Crippen molar-refractivity contribution in [3.8, 4) is 0 Å². The highest BCUT2D eigenvalue weighted by atomic mass is 79.9. The molecule has 0 fully saturated rings. The molecule has 1 heterocycles. The van der Waals surface area contributed by atoms with Gasteiger partial charge in [-0.2, -0.15) is 0 Å². The summed E-state index contributed by atoms with van der Waals surface area (Å²) in [7, 11) is 0. The number of hydrogen-bond donors (Lipinski definition) is 2. The monoisotopic (exact) mass is 318 g/mol. The smallest absolute Gasteiger partial charge is 0.243 e. The van der Waals surface area contributed by atoms with E-state index in [1.165, 1.54) is 0 Å². The van der Waals surface area contributed by atoms with Crippen LogP contribution in [0.5, 0.6) is 0 Å². The van der Waals surface area contributed by atoms with E-state index >= 15 is 0 Å². The summed E-state index contributed by atoms with van der Waals surface area (Å²) in [4.78, 5) is 14.9. The topological polar surface area (TPSA) is 62.2 Å². The van der Waals surface area contributed by atoms with Crippen LogP contribution in [-0.2, 0) is 4.79 Å². The van der Waals surface area contributed by atoms with Gasteiger partial charge in [-0.05, 0) is 41.3 Å². The van der Waals surface area contributed by atoms with Gasteiger partial charge < -0.3 is 0 Å². The van der Waals surface area contributed by atoms with Gasteiger partial charge in [-0.3, -0.25) is 10.0 Å². The fourth-order valence-corrected chi connectivity index (χ4v) is 2.32. The van der Waals surface area contributed by atoms with Crippen LogP contribution in [0.15, 0.2) is 15.4 Å². The van der Waals surface area contributed by atoms with Gasteiger partial charge in [0.1, 0.15) is 0 Å². The van der Waals surface area contributed by atoms with Crippen LogP contribution in [0.3, 0.4) is 0 Å². The summed E-state index contributed by atoms with van der Waals surface area (Å²) in [6.07, 6.45) is 8.30. The molecule has 0 spiro atoms. The van der Waals surface area contributed by atoms with Gasteiger partial charge in [0.25, 0.3) is 0 Å². The number of hydroxylamine groups is 1. The fourth-order valence-electron chi connectivity index (χ4n) is 1.32. The minimum Gasteiger partial charge on any atom is -0.289 e. The molecule has 0 aliphatic rings. The molecular formula is C11H15BrN2O2S. The van der Waals surface area contributed by atoms with Crippen molar-refractivity contribution in [1.82, 2.24) is 10.5 Å². The third-order valence-electron chi connectivity index (χ3n) is 2.18. The Balaban J connectivity index is 2.04. The van der Waals surface area contributed by atoms with E-state index in [9.17, 15) is 4.79 Å². The molecule has 0 aliphatic carbocycles. The summed E-state index contributed by atoms with van der Waals surface area (Å²) in [6.45, 7) is 0. The van der Waals surface area contributed by atoms with Crippen molar-refractivity contribution in [3.05, 3.63) is 21.1 Å². The average Bonchev–Trinajstić information content (AvgIpc) is 2.73. The molecule has 0 atom stereocenters. The summed E-state index contributed by atoms with van der Waals surface area (Å²) in [6, 6.07) is 0. The number of nitrogens with zero attached hydrogens (tertiary/aromatic N) is 1. The first kappa shape index (κ1) is 14.3. The Labute approximate surface area is 113 Å². The van der Waals surface area contributed by atoms with E-state index in [2.05, 4.69) is 27.0 Å². The lowest BCUT2D eigenvalue weighted by Gasteiger charge is -1.97. The van der Waals surface area contributed by atoms with Crippen molar-refractivity contribution in [2.75, 3.05) is 0 Å². The Hall–Kier alpha value is -0.720. The number of rotatable bonds is 7. The maximum Gasteiger partial charge on any atom is 0.243 e. The number of hydrogen-bond acceptors (Lipinski definition) is 4. The van der Waals surface area contributed by atoms with E-state index in [0.717, 1.165) is 35.3 Å². The number of halogens is 1. The molecule has 17 heavy (non-hydrogen) atoms. The van der Waals surface area contributed by atoms with Gasteiger partial charge in [0.15, 0.2) is 3.92 Å². The minimum atomic E-state index is -0.312. The number of unbranched alkanes of at least 4 members (excludes halogenated alkanes) is 3. The molecule has 1 rings (SSSR count). The lowest BCUT2D eigenvalue weighted by Crippen LogP contribution is -2.17.